The molecule has 4 N–H and O–H groups in total. The van der Waals surface area contributed by atoms with Crippen molar-refractivity contribution in [2.24, 2.45) is 5.92 Å². The first kappa shape index (κ1) is 33.5. The monoisotopic (exact) mass is 400 g/mol. The average Bonchev–Trinajstić information content (AvgIpc) is 2.13. The molecule has 0 heterocycles. The second-order valence-electron chi connectivity index (χ2n) is 5.19. The zero-order valence-electron chi connectivity index (χ0n) is 15.1. The topological polar surface area (TPSA) is 115 Å². The summed E-state index contributed by atoms with van der Waals surface area (Å²) >= 11 is 0. The molecule has 0 rings (SSSR count). The fourth-order valence-electron chi connectivity index (χ4n) is 0.636. The van der Waals surface area contributed by atoms with Crippen LogP contribution >= 0.6 is 0 Å². The number of carboxylic acid groups (broad SMARTS) is 1. The summed E-state index contributed by atoms with van der Waals surface area (Å²) in [5.41, 5.74) is 0. The quantitative estimate of drug-likeness (QED) is 0.537. The molecular formula is C15H34O6Zr. The van der Waals surface area contributed by atoms with Gasteiger partial charge in [0.2, 0.25) is 0 Å². The molecule has 0 spiro atoms. The van der Waals surface area contributed by atoms with Crippen LogP contribution in [0.5, 0.6) is 0 Å². The molecule has 0 bridgehead atoms. The molecule has 0 saturated heterocycles. The van der Waals surface area contributed by atoms with Gasteiger partial charge in [-0.2, -0.15) is 0 Å². The van der Waals surface area contributed by atoms with Gasteiger partial charge in [0.25, 0.3) is 0 Å². The van der Waals surface area contributed by atoms with Crippen molar-refractivity contribution in [2.45, 2.75) is 80.1 Å². The SMILES string of the molecule is CC(C)O.CC(C)O.CC(C)O.CCC(C(C)=O)C(=O)O.[Zr]. The van der Waals surface area contributed by atoms with E-state index in [0.717, 1.165) is 0 Å². The summed E-state index contributed by atoms with van der Waals surface area (Å²) in [5, 5.41) is 32.5. The van der Waals surface area contributed by atoms with Crippen LogP contribution in [0.2, 0.25) is 0 Å². The number of aliphatic hydroxyl groups excluding tert-OH is 3. The first-order valence-electron chi connectivity index (χ1n) is 7.06. The molecule has 1 atom stereocenters. The van der Waals surface area contributed by atoms with Crippen molar-refractivity contribution in [1.82, 2.24) is 0 Å². The number of rotatable bonds is 3. The van der Waals surface area contributed by atoms with Gasteiger partial charge in [-0.05, 0) is 54.9 Å². The summed E-state index contributed by atoms with van der Waals surface area (Å²) in [7, 11) is 0. The van der Waals surface area contributed by atoms with Gasteiger partial charge in [0.15, 0.2) is 0 Å². The molecule has 0 aliphatic carbocycles. The molecule has 0 amide bonds. The summed E-state index contributed by atoms with van der Waals surface area (Å²) in [5.74, 6) is -2.10. The smallest absolute Gasteiger partial charge is 0.314 e. The van der Waals surface area contributed by atoms with Crippen LogP contribution in [0.4, 0.5) is 0 Å². The molecule has 1 unspecified atom stereocenters. The first-order chi connectivity index (χ1) is 9.29. The molecule has 0 aromatic rings. The number of carbonyl (C=O) groups excluding carboxylic acids is 1. The van der Waals surface area contributed by atoms with Crippen LogP contribution in [0.25, 0.3) is 0 Å². The Kier molecular flexibility index (Phi) is 35.3. The van der Waals surface area contributed by atoms with Gasteiger partial charge >= 0.3 is 5.97 Å². The maximum Gasteiger partial charge on any atom is 0.314 e. The van der Waals surface area contributed by atoms with Crippen molar-refractivity contribution < 1.29 is 56.2 Å². The Hall–Kier alpha value is -0.0969. The van der Waals surface area contributed by atoms with E-state index < -0.39 is 11.9 Å². The minimum Gasteiger partial charge on any atom is -0.481 e. The van der Waals surface area contributed by atoms with E-state index in [0.29, 0.717) is 6.42 Å². The van der Waals surface area contributed by atoms with Gasteiger partial charge in [-0.15, -0.1) is 0 Å². The van der Waals surface area contributed by atoms with Crippen LogP contribution < -0.4 is 0 Å². The van der Waals surface area contributed by atoms with Gasteiger partial charge < -0.3 is 20.4 Å². The van der Waals surface area contributed by atoms with Crippen LogP contribution in [-0.4, -0.2) is 50.5 Å². The Balaban J connectivity index is -0.0000000632. The molecule has 0 aromatic heterocycles. The Bertz CT molecular complexity index is 206. The van der Waals surface area contributed by atoms with Crippen molar-refractivity contribution in [3.8, 4) is 0 Å². The maximum absolute atomic E-state index is 10.4. The Morgan fingerprint density at radius 2 is 1.00 bits per heavy atom. The van der Waals surface area contributed by atoms with E-state index in [1.54, 1.807) is 48.5 Å². The zero-order chi connectivity index (χ0) is 18.2. The maximum atomic E-state index is 10.4. The van der Waals surface area contributed by atoms with E-state index in [1.807, 2.05) is 0 Å². The second-order valence-corrected chi connectivity index (χ2v) is 5.19. The number of aliphatic hydroxyl groups is 3. The predicted octanol–water partition coefficient (Wildman–Crippen LogP) is 1.84. The molecule has 134 valence electrons. The summed E-state index contributed by atoms with van der Waals surface area (Å²) < 4.78 is 0. The first-order valence-corrected chi connectivity index (χ1v) is 7.06. The molecule has 0 aliphatic rings. The minimum atomic E-state index is -1.02. The van der Waals surface area contributed by atoms with E-state index >= 15 is 0 Å². The molecule has 0 saturated carbocycles. The van der Waals surface area contributed by atoms with Crippen molar-refractivity contribution >= 4 is 11.8 Å². The van der Waals surface area contributed by atoms with Gasteiger partial charge in [-0.1, -0.05) is 6.92 Å². The molecule has 0 fully saturated rings. The van der Waals surface area contributed by atoms with E-state index in [-0.39, 0.29) is 50.3 Å². The molecule has 0 radical (unpaired) electrons. The number of aliphatic carboxylic acids is 1. The van der Waals surface area contributed by atoms with Gasteiger partial charge in [-0.3, -0.25) is 9.59 Å². The van der Waals surface area contributed by atoms with Crippen LogP contribution in [0.1, 0.15) is 61.8 Å². The standard InChI is InChI=1S/C6H10O3.3C3H8O.Zr/c1-3-5(4(2)7)6(8)9;3*1-3(2)4;/h5H,3H2,1-2H3,(H,8,9);3*3-4H,1-2H3;. The fourth-order valence-corrected chi connectivity index (χ4v) is 0.636. The molecular weight excluding hydrogens is 367 g/mol. The predicted molar refractivity (Wildman–Crippen MR) is 84.2 cm³/mol. The number of Topliss-reactive ketones (excluding diaryl/α,β-unsaturated/α-hetero) is 1. The number of carboxylic acids is 1. The number of hydrogen-bond donors (Lipinski definition) is 4. The van der Waals surface area contributed by atoms with Gasteiger partial charge in [0.1, 0.15) is 11.7 Å². The molecule has 0 aliphatic heterocycles. The Morgan fingerprint density at radius 3 is 1.00 bits per heavy atom. The summed E-state index contributed by atoms with van der Waals surface area (Å²) in [6.07, 6.45) is -0.120. The fraction of sp³-hybridized carbons (Fsp3) is 0.867. The molecule has 7 heteroatoms. The second kappa shape index (κ2) is 23.2. The molecule has 6 nitrogen and oxygen atoms in total. The minimum absolute atomic E-state index is 0. The Morgan fingerprint density at radius 1 is 0.818 bits per heavy atom. The molecule has 22 heavy (non-hydrogen) atoms. The van der Waals surface area contributed by atoms with Crippen LogP contribution in [0.3, 0.4) is 0 Å². The summed E-state index contributed by atoms with van der Waals surface area (Å²) in [6.45, 7) is 13.3. The van der Waals surface area contributed by atoms with Crippen LogP contribution in [0.15, 0.2) is 0 Å². The van der Waals surface area contributed by atoms with Crippen LogP contribution in [-0.2, 0) is 35.8 Å². The Labute approximate surface area is 154 Å². The van der Waals surface area contributed by atoms with Gasteiger partial charge in [0.05, 0.1) is 0 Å². The van der Waals surface area contributed by atoms with Gasteiger partial charge in [-0.25, -0.2) is 0 Å². The van der Waals surface area contributed by atoms with Crippen molar-refractivity contribution in [2.75, 3.05) is 0 Å². The van der Waals surface area contributed by atoms with E-state index in [9.17, 15) is 9.59 Å². The largest absolute Gasteiger partial charge is 0.481 e. The third-order valence-corrected chi connectivity index (χ3v) is 1.20. The summed E-state index contributed by atoms with van der Waals surface area (Å²) in [6, 6.07) is 0. The molecule has 0 aromatic carbocycles. The van der Waals surface area contributed by atoms with Crippen molar-refractivity contribution in [1.29, 1.82) is 0 Å². The number of hydrogen-bond acceptors (Lipinski definition) is 5. The number of ketones is 1. The van der Waals surface area contributed by atoms with Crippen molar-refractivity contribution in [3.05, 3.63) is 0 Å². The van der Waals surface area contributed by atoms with E-state index in [2.05, 4.69) is 0 Å². The van der Waals surface area contributed by atoms with Crippen LogP contribution in [0, 0.1) is 5.92 Å². The van der Waals surface area contributed by atoms with E-state index in [4.69, 9.17) is 20.4 Å². The normalized spacial score (nSPS) is 10.1. The van der Waals surface area contributed by atoms with E-state index in [1.165, 1.54) is 6.92 Å². The number of carbonyl (C=O) groups is 2. The zero-order valence-corrected chi connectivity index (χ0v) is 17.6. The van der Waals surface area contributed by atoms with Gasteiger partial charge in [0, 0.05) is 44.5 Å². The third kappa shape index (κ3) is 72.5. The van der Waals surface area contributed by atoms with Crippen molar-refractivity contribution in [3.63, 3.8) is 0 Å². The average molecular weight is 402 g/mol. The summed E-state index contributed by atoms with van der Waals surface area (Å²) in [4.78, 5) is 20.6. The third-order valence-electron chi connectivity index (χ3n) is 1.20.